The molecule has 0 fully saturated rings. The molecule has 386 valence electrons. The Morgan fingerprint density at radius 2 is 0.712 bits per heavy atom. The van der Waals surface area contributed by atoms with E-state index in [1.54, 1.807) is 0 Å². The Balaban J connectivity index is 4.18. The summed E-state index contributed by atoms with van der Waals surface area (Å²) in [5.41, 5.74) is 0. The quantitative estimate of drug-likeness (QED) is 0.0274. The maximum absolute atomic E-state index is 12.5. The third-order valence-electron chi connectivity index (χ3n) is 11.2. The zero-order valence-electron chi connectivity index (χ0n) is 43.2. The summed E-state index contributed by atoms with van der Waals surface area (Å²) in [7, 11) is 0. The molecule has 0 atom stereocenters. The number of esters is 2. The number of ether oxygens (including phenoxy) is 6. The first kappa shape index (κ1) is 63.7. The van der Waals surface area contributed by atoms with Crippen LogP contribution in [0.15, 0.2) is 48.6 Å². The van der Waals surface area contributed by atoms with Crippen molar-refractivity contribution in [1.29, 1.82) is 0 Å². The van der Waals surface area contributed by atoms with Crippen LogP contribution in [0.2, 0.25) is 0 Å². The summed E-state index contributed by atoms with van der Waals surface area (Å²) in [5, 5.41) is 9.62. The number of carbonyl (C=O) groups excluding carboxylic acids is 2. The van der Waals surface area contributed by atoms with Gasteiger partial charge in [0.15, 0.2) is 12.6 Å². The highest BCUT2D eigenvalue weighted by atomic mass is 16.7. The van der Waals surface area contributed by atoms with Gasteiger partial charge in [-0.2, -0.15) is 0 Å². The molecular weight excluding hydrogens is 831 g/mol. The van der Waals surface area contributed by atoms with Gasteiger partial charge in [0.2, 0.25) is 0 Å². The number of aliphatic hydroxyl groups is 1. The molecule has 10 nitrogen and oxygen atoms in total. The SMILES string of the molecule is CC/C=C\CCCCOC(CCCC(=O)OCCCCCCN(CCO)CCCCCCOC(=O)CCCC(OCCCC/C=C\CC)OCCCC/C=C\CC)OCCCC/C=C\CC. The standard InChI is InChI=1S/C56H103NO9/c1-5-9-13-17-23-33-49-63-55(64-50-34-24-18-14-10-6-2)41-37-39-53(59)61-47-31-27-21-29-43-57(45-46-58)44-30-22-28-32-48-62-54(60)40-38-42-56(65-51-35-25-19-15-11-7-3)66-52-36-26-20-16-12-8-4/h9-16,55-56,58H,5-8,17-52H2,1-4H3/b13-9-,14-10-,15-11-,16-12-. The second-order valence-corrected chi connectivity index (χ2v) is 17.5. The predicted molar refractivity (Wildman–Crippen MR) is 275 cm³/mol. The molecule has 0 amide bonds. The van der Waals surface area contributed by atoms with Crippen LogP contribution in [0.25, 0.3) is 0 Å². The summed E-state index contributed by atoms with van der Waals surface area (Å²) < 4.78 is 35.4. The minimum Gasteiger partial charge on any atom is -0.466 e. The highest BCUT2D eigenvalue weighted by molar-refractivity contribution is 5.69. The Kier molecular flexibility index (Phi) is 51.7. The average molecular weight is 934 g/mol. The lowest BCUT2D eigenvalue weighted by molar-refractivity contribution is -0.152. The van der Waals surface area contributed by atoms with Gasteiger partial charge < -0.3 is 38.4 Å². The minimum absolute atomic E-state index is 0.142. The van der Waals surface area contributed by atoms with Gasteiger partial charge in [0, 0.05) is 45.8 Å². The van der Waals surface area contributed by atoms with Gasteiger partial charge in [-0.25, -0.2) is 0 Å². The fraction of sp³-hybridized carbons (Fsp3) is 0.821. The molecule has 0 unspecified atom stereocenters. The average Bonchev–Trinajstić information content (AvgIpc) is 3.31. The van der Waals surface area contributed by atoms with E-state index in [1.807, 2.05) is 0 Å². The first-order valence-corrected chi connectivity index (χ1v) is 27.2. The lowest BCUT2D eigenvalue weighted by atomic mass is 10.1. The van der Waals surface area contributed by atoms with Crippen LogP contribution < -0.4 is 0 Å². The Labute approximate surface area is 406 Å². The van der Waals surface area contributed by atoms with Crippen LogP contribution in [0.1, 0.15) is 220 Å². The zero-order valence-corrected chi connectivity index (χ0v) is 43.2. The lowest BCUT2D eigenvalue weighted by Crippen LogP contribution is -2.29. The molecule has 1 N–H and O–H groups in total. The Morgan fingerprint density at radius 3 is 1.03 bits per heavy atom. The van der Waals surface area contributed by atoms with Crippen LogP contribution >= 0.6 is 0 Å². The fourth-order valence-corrected chi connectivity index (χ4v) is 7.29. The number of hydrogen-bond acceptors (Lipinski definition) is 10. The highest BCUT2D eigenvalue weighted by Gasteiger charge is 2.14. The Bertz CT molecular complexity index is 1010. The molecule has 0 aliphatic rings. The fourth-order valence-electron chi connectivity index (χ4n) is 7.29. The van der Waals surface area contributed by atoms with Gasteiger partial charge in [-0.3, -0.25) is 9.59 Å². The maximum atomic E-state index is 12.5. The molecule has 0 radical (unpaired) electrons. The van der Waals surface area contributed by atoms with Crippen molar-refractivity contribution in [2.45, 2.75) is 233 Å². The van der Waals surface area contributed by atoms with E-state index in [2.05, 4.69) is 81.2 Å². The van der Waals surface area contributed by atoms with Gasteiger partial charge in [-0.05, 0) is 167 Å². The van der Waals surface area contributed by atoms with Crippen LogP contribution in [-0.4, -0.2) is 100 Å². The lowest BCUT2D eigenvalue weighted by Gasteiger charge is -2.21. The molecule has 0 aliphatic heterocycles. The van der Waals surface area contributed by atoms with Crippen molar-refractivity contribution in [1.82, 2.24) is 4.90 Å². The first-order chi connectivity index (χ1) is 32.5. The predicted octanol–water partition coefficient (Wildman–Crippen LogP) is 14.1. The number of carbonyl (C=O) groups is 2. The van der Waals surface area contributed by atoms with Crippen LogP contribution in [0.3, 0.4) is 0 Å². The van der Waals surface area contributed by atoms with Gasteiger partial charge in [0.1, 0.15) is 0 Å². The van der Waals surface area contributed by atoms with Crippen molar-refractivity contribution < 1.29 is 43.1 Å². The number of nitrogens with zero attached hydrogens (tertiary/aromatic N) is 1. The number of aliphatic hydroxyl groups excluding tert-OH is 1. The van der Waals surface area contributed by atoms with Crippen LogP contribution in [-0.2, 0) is 38.0 Å². The van der Waals surface area contributed by atoms with Crippen molar-refractivity contribution in [2.75, 3.05) is 65.9 Å². The third kappa shape index (κ3) is 48.1. The second kappa shape index (κ2) is 53.6. The molecule has 66 heavy (non-hydrogen) atoms. The van der Waals surface area contributed by atoms with E-state index in [4.69, 9.17) is 28.4 Å². The largest absolute Gasteiger partial charge is 0.466 e. The zero-order chi connectivity index (χ0) is 48.1. The van der Waals surface area contributed by atoms with Crippen molar-refractivity contribution >= 4 is 11.9 Å². The summed E-state index contributed by atoms with van der Waals surface area (Å²) in [6, 6.07) is 0. The molecule has 0 aromatic heterocycles. The van der Waals surface area contributed by atoms with E-state index in [9.17, 15) is 14.7 Å². The minimum atomic E-state index is -0.268. The molecule has 0 aliphatic carbocycles. The van der Waals surface area contributed by atoms with E-state index >= 15 is 0 Å². The van der Waals surface area contributed by atoms with E-state index in [0.717, 1.165) is 167 Å². The molecule has 0 spiro atoms. The van der Waals surface area contributed by atoms with E-state index < -0.39 is 0 Å². The van der Waals surface area contributed by atoms with Crippen molar-refractivity contribution in [3.8, 4) is 0 Å². The van der Waals surface area contributed by atoms with Gasteiger partial charge in [-0.1, -0.05) is 102 Å². The van der Waals surface area contributed by atoms with Crippen molar-refractivity contribution in [3.05, 3.63) is 48.6 Å². The van der Waals surface area contributed by atoms with Gasteiger partial charge in [-0.15, -0.1) is 0 Å². The summed E-state index contributed by atoms with van der Waals surface area (Å²) >= 11 is 0. The van der Waals surface area contributed by atoms with Crippen molar-refractivity contribution in [2.24, 2.45) is 0 Å². The molecule has 0 aromatic rings. The molecule has 0 bridgehead atoms. The molecule has 0 saturated carbocycles. The van der Waals surface area contributed by atoms with E-state index in [-0.39, 0.29) is 31.1 Å². The van der Waals surface area contributed by atoms with Crippen LogP contribution in [0.5, 0.6) is 0 Å². The Morgan fingerprint density at radius 1 is 0.394 bits per heavy atom. The molecule has 0 rings (SSSR count). The molecule has 0 aromatic carbocycles. The van der Waals surface area contributed by atoms with E-state index in [1.165, 1.54) is 0 Å². The number of unbranched alkanes of at least 4 members (excludes halogenated alkanes) is 14. The first-order valence-electron chi connectivity index (χ1n) is 27.2. The molecule has 0 heterocycles. The summed E-state index contributed by atoms with van der Waals surface area (Å²) in [6.07, 6.45) is 45.9. The molecular formula is C56H103NO9. The summed E-state index contributed by atoms with van der Waals surface area (Å²) in [6.45, 7) is 15.0. The maximum Gasteiger partial charge on any atom is 0.305 e. The van der Waals surface area contributed by atoms with Crippen LogP contribution in [0.4, 0.5) is 0 Å². The van der Waals surface area contributed by atoms with E-state index in [0.29, 0.717) is 84.7 Å². The normalized spacial score (nSPS) is 12.2. The highest BCUT2D eigenvalue weighted by Crippen LogP contribution is 2.14. The van der Waals surface area contributed by atoms with Gasteiger partial charge >= 0.3 is 11.9 Å². The second-order valence-electron chi connectivity index (χ2n) is 17.5. The topological polar surface area (TPSA) is 113 Å². The molecule has 10 heteroatoms. The van der Waals surface area contributed by atoms with Gasteiger partial charge in [0.25, 0.3) is 0 Å². The smallest absolute Gasteiger partial charge is 0.305 e. The number of hydrogen-bond donors (Lipinski definition) is 1. The summed E-state index contributed by atoms with van der Waals surface area (Å²) in [4.78, 5) is 27.3. The van der Waals surface area contributed by atoms with Crippen LogP contribution in [0, 0.1) is 0 Å². The molecule has 0 saturated heterocycles. The third-order valence-corrected chi connectivity index (χ3v) is 11.2. The van der Waals surface area contributed by atoms with Crippen molar-refractivity contribution in [3.63, 3.8) is 0 Å². The summed E-state index contributed by atoms with van der Waals surface area (Å²) in [5.74, 6) is -0.284. The van der Waals surface area contributed by atoms with Gasteiger partial charge in [0.05, 0.1) is 19.8 Å². The monoisotopic (exact) mass is 934 g/mol. The Hall–Kier alpha value is -2.34. The number of allylic oxidation sites excluding steroid dienone is 8. The number of rotatable bonds is 52.